The molecule has 2 aromatic rings. The van der Waals surface area contributed by atoms with Gasteiger partial charge in [0.05, 0.1) is 12.9 Å². The molecule has 0 fully saturated rings. The number of rotatable bonds is 10. The van der Waals surface area contributed by atoms with E-state index in [9.17, 15) is 8.42 Å². The van der Waals surface area contributed by atoms with Gasteiger partial charge in [0.15, 0.2) is 0 Å². The zero-order chi connectivity index (χ0) is 19.0. The minimum absolute atomic E-state index is 0.129. The number of hydrogen-bond acceptors (Lipinski definition) is 7. The molecular weight excluding hydrogens is 354 g/mol. The Hall–Kier alpha value is -2.39. The van der Waals surface area contributed by atoms with E-state index in [0.717, 1.165) is 17.1 Å². The first kappa shape index (κ1) is 19.9. The van der Waals surface area contributed by atoms with E-state index in [-0.39, 0.29) is 12.3 Å². The van der Waals surface area contributed by atoms with Crippen LogP contribution in [-0.2, 0) is 10.0 Å². The van der Waals surface area contributed by atoms with Crippen molar-refractivity contribution in [2.75, 3.05) is 36.6 Å². The van der Waals surface area contributed by atoms with Crippen LogP contribution in [0.4, 0.5) is 17.5 Å². The molecule has 0 saturated heterocycles. The second-order valence-electron chi connectivity index (χ2n) is 5.71. The molecule has 1 aromatic carbocycles. The van der Waals surface area contributed by atoms with Crippen molar-refractivity contribution in [3.63, 3.8) is 0 Å². The number of nitrogens with zero attached hydrogens (tertiary/aromatic N) is 2. The quantitative estimate of drug-likeness (QED) is 0.544. The third-order valence-electron chi connectivity index (χ3n) is 3.42. The molecule has 0 unspecified atom stereocenters. The minimum Gasteiger partial charge on any atom is -0.497 e. The zero-order valence-electron chi connectivity index (χ0n) is 15.2. The van der Waals surface area contributed by atoms with Crippen LogP contribution in [0.2, 0.25) is 0 Å². The van der Waals surface area contributed by atoms with Crippen molar-refractivity contribution in [3.05, 3.63) is 36.0 Å². The van der Waals surface area contributed by atoms with Gasteiger partial charge < -0.3 is 15.4 Å². The normalized spacial score (nSPS) is 11.2. The van der Waals surface area contributed by atoms with E-state index in [1.807, 2.05) is 44.2 Å². The van der Waals surface area contributed by atoms with Crippen molar-refractivity contribution in [2.45, 2.75) is 20.3 Å². The summed E-state index contributed by atoms with van der Waals surface area (Å²) in [5.74, 6) is 2.00. The van der Waals surface area contributed by atoms with E-state index >= 15 is 0 Å². The van der Waals surface area contributed by atoms with Gasteiger partial charge in [0, 0.05) is 30.5 Å². The summed E-state index contributed by atoms with van der Waals surface area (Å²) in [5.41, 5.74) is 1.67. The van der Waals surface area contributed by atoms with E-state index in [2.05, 4.69) is 25.3 Å². The van der Waals surface area contributed by atoms with Crippen molar-refractivity contribution >= 4 is 27.5 Å². The number of nitrogens with one attached hydrogen (secondary N) is 3. The van der Waals surface area contributed by atoms with Crippen LogP contribution in [0.25, 0.3) is 0 Å². The molecule has 1 aromatic heterocycles. The van der Waals surface area contributed by atoms with Gasteiger partial charge >= 0.3 is 0 Å². The number of methoxy groups -OCH3 is 1. The Bertz CT molecular complexity index is 810. The van der Waals surface area contributed by atoms with E-state index in [1.54, 1.807) is 7.11 Å². The van der Waals surface area contributed by atoms with Gasteiger partial charge in [-0.05, 0) is 37.6 Å². The number of hydrogen-bond donors (Lipinski definition) is 3. The van der Waals surface area contributed by atoms with Crippen LogP contribution in [0.5, 0.6) is 5.75 Å². The van der Waals surface area contributed by atoms with Crippen molar-refractivity contribution in [1.29, 1.82) is 0 Å². The third kappa shape index (κ3) is 6.49. The second kappa shape index (κ2) is 9.35. The Kier molecular flexibility index (Phi) is 7.16. The van der Waals surface area contributed by atoms with Crippen molar-refractivity contribution in [2.24, 2.45) is 0 Å². The van der Waals surface area contributed by atoms with Crippen LogP contribution >= 0.6 is 0 Å². The molecule has 0 aliphatic rings. The molecule has 0 spiro atoms. The molecular formula is C17H25N5O3S. The van der Waals surface area contributed by atoms with Crippen LogP contribution in [0.15, 0.2) is 30.3 Å². The van der Waals surface area contributed by atoms with Gasteiger partial charge in [-0.2, -0.15) is 4.98 Å². The van der Waals surface area contributed by atoms with Gasteiger partial charge in [0.25, 0.3) is 0 Å². The predicted octanol–water partition coefficient (Wildman–Crippen LogP) is 2.28. The summed E-state index contributed by atoms with van der Waals surface area (Å²) in [6, 6.07) is 9.34. The highest BCUT2D eigenvalue weighted by Crippen LogP contribution is 2.19. The fraction of sp³-hybridized carbons (Fsp3) is 0.412. The fourth-order valence-electron chi connectivity index (χ4n) is 2.26. The van der Waals surface area contributed by atoms with Gasteiger partial charge in [-0.3, -0.25) is 0 Å². The average Bonchev–Trinajstić information content (AvgIpc) is 2.59. The molecule has 0 aliphatic heterocycles. The highest BCUT2D eigenvalue weighted by Gasteiger charge is 2.08. The highest BCUT2D eigenvalue weighted by molar-refractivity contribution is 7.89. The topological polar surface area (TPSA) is 105 Å². The summed E-state index contributed by atoms with van der Waals surface area (Å²) in [5, 5.41) is 6.25. The smallest absolute Gasteiger partial charge is 0.224 e. The van der Waals surface area contributed by atoms with Crippen LogP contribution in [0.1, 0.15) is 19.0 Å². The number of ether oxygens (including phenoxy) is 1. The molecule has 3 N–H and O–H groups in total. The molecule has 0 amide bonds. The van der Waals surface area contributed by atoms with Gasteiger partial charge in [0.1, 0.15) is 11.6 Å². The Morgan fingerprint density at radius 2 is 1.85 bits per heavy atom. The van der Waals surface area contributed by atoms with E-state index in [0.29, 0.717) is 24.7 Å². The largest absolute Gasteiger partial charge is 0.497 e. The lowest BCUT2D eigenvalue weighted by Gasteiger charge is -2.11. The van der Waals surface area contributed by atoms with Gasteiger partial charge in [-0.15, -0.1) is 0 Å². The molecule has 0 bridgehead atoms. The number of aromatic nitrogens is 2. The van der Waals surface area contributed by atoms with Crippen LogP contribution in [-0.4, -0.2) is 44.3 Å². The summed E-state index contributed by atoms with van der Waals surface area (Å²) in [4.78, 5) is 8.71. The maximum absolute atomic E-state index is 11.6. The van der Waals surface area contributed by atoms with Crippen LogP contribution in [0, 0.1) is 6.92 Å². The van der Waals surface area contributed by atoms with Crippen molar-refractivity contribution < 1.29 is 13.2 Å². The predicted molar refractivity (Wildman–Crippen MR) is 104 cm³/mol. The average molecular weight is 379 g/mol. The van der Waals surface area contributed by atoms with Crippen molar-refractivity contribution in [3.8, 4) is 5.75 Å². The van der Waals surface area contributed by atoms with Crippen molar-refractivity contribution in [1.82, 2.24) is 14.7 Å². The third-order valence-corrected chi connectivity index (χ3v) is 5.01. The summed E-state index contributed by atoms with van der Waals surface area (Å²) >= 11 is 0. The lowest BCUT2D eigenvalue weighted by atomic mass is 10.3. The molecule has 0 atom stereocenters. The van der Waals surface area contributed by atoms with Crippen LogP contribution < -0.4 is 20.1 Å². The lowest BCUT2D eigenvalue weighted by molar-refractivity contribution is 0.415. The standard InChI is InChI=1S/C17H25N5O3S/c1-4-11-26(23,24)19-10-9-18-17-20-13(2)12-16(22-17)21-14-5-7-15(25-3)8-6-14/h5-8,12,19H,4,9-11H2,1-3H3,(H2,18,20,21,22). The van der Waals surface area contributed by atoms with E-state index in [4.69, 9.17) is 4.74 Å². The molecule has 0 aliphatic carbocycles. The molecule has 0 saturated carbocycles. The molecule has 142 valence electrons. The first-order chi connectivity index (χ1) is 12.4. The minimum atomic E-state index is -3.20. The molecule has 26 heavy (non-hydrogen) atoms. The molecule has 9 heteroatoms. The highest BCUT2D eigenvalue weighted by atomic mass is 32.2. The Morgan fingerprint density at radius 3 is 2.50 bits per heavy atom. The van der Waals surface area contributed by atoms with Crippen LogP contribution in [0.3, 0.4) is 0 Å². The molecule has 8 nitrogen and oxygen atoms in total. The molecule has 1 heterocycles. The maximum atomic E-state index is 11.6. The number of sulfonamides is 1. The Morgan fingerprint density at radius 1 is 1.12 bits per heavy atom. The molecule has 0 radical (unpaired) electrons. The monoisotopic (exact) mass is 379 g/mol. The summed E-state index contributed by atoms with van der Waals surface area (Å²) < 4.78 is 30.9. The van der Waals surface area contributed by atoms with Gasteiger partial charge in [-0.25, -0.2) is 18.1 Å². The Balaban J connectivity index is 1.93. The van der Waals surface area contributed by atoms with E-state index in [1.165, 1.54) is 0 Å². The summed E-state index contributed by atoms with van der Waals surface area (Å²) in [6.45, 7) is 4.38. The lowest BCUT2D eigenvalue weighted by Crippen LogP contribution is -2.31. The second-order valence-corrected chi connectivity index (χ2v) is 7.64. The zero-order valence-corrected chi connectivity index (χ0v) is 16.1. The van der Waals surface area contributed by atoms with Gasteiger partial charge in [-0.1, -0.05) is 6.92 Å². The first-order valence-electron chi connectivity index (χ1n) is 8.40. The number of benzene rings is 1. The SMILES string of the molecule is CCCS(=O)(=O)NCCNc1nc(C)cc(Nc2ccc(OC)cc2)n1. The van der Waals surface area contributed by atoms with Gasteiger partial charge in [0.2, 0.25) is 16.0 Å². The number of anilines is 3. The van der Waals surface area contributed by atoms with E-state index < -0.39 is 10.0 Å². The maximum Gasteiger partial charge on any atom is 0.224 e. The molecule has 2 rings (SSSR count). The first-order valence-corrected chi connectivity index (χ1v) is 10.0. The summed E-state index contributed by atoms with van der Waals surface area (Å²) in [6.07, 6.45) is 0.587. The fourth-order valence-corrected chi connectivity index (χ4v) is 3.35. The summed E-state index contributed by atoms with van der Waals surface area (Å²) in [7, 11) is -1.58. The Labute approximate surface area is 154 Å². The number of aryl methyl sites for hydroxylation is 1.